The van der Waals surface area contributed by atoms with Gasteiger partial charge in [-0.2, -0.15) is 0 Å². The van der Waals surface area contributed by atoms with Crippen molar-refractivity contribution in [1.82, 2.24) is 0 Å². The second-order valence-electron chi connectivity index (χ2n) is 0. The molecule has 0 saturated carbocycles. The third-order valence-corrected chi connectivity index (χ3v) is 0. The van der Waals surface area contributed by atoms with Crippen molar-refractivity contribution in [3.8, 4) is 0 Å². The van der Waals surface area contributed by atoms with Crippen LogP contribution in [-0.4, -0.2) is 27.9 Å². The van der Waals surface area contributed by atoms with E-state index in [2.05, 4.69) is 0 Å². The van der Waals surface area contributed by atoms with Crippen molar-refractivity contribution in [1.29, 1.82) is 0 Å². The Balaban J connectivity index is -0.00000000167. The fraction of sp³-hybridized carbons (Fsp3) is 0. The molecule has 2 nitrogen and oxygen atoms in total. The Bertz CT molecular complexity index is 9.61. The molecule has 0 aromatic heterocycles. The van der Waals surface area contributed by atoms with E-state index in [9.17, 15) is 0 Å². The molecule has 0 radical (unpaired) electrons. The van der Waals surface area contributed by atoms with Crippen LogP contribution in [0.3, 0.4) is 0 Å². The van der Waals surface area contributed by atoms with Crippen LogP contribution in [0.1, 0.15) is 1.43 Å². The summed E-state index contributed by atoms with van der Waals surface area (Å²) in [6.07, 6.45) is 0. The van der Waals surface area contributed by atoms with Crippen molar-refractivity contribution in [3.05, 3.63) is 0 Å². The average Bonchev–Trinajstić information content (AvgIpc) is 1.00. The van der Waals surface area contributed by atoms with Crippen LogP contribution >= 0.6 is 0 Å². The minimum Gasteiger partial charge on any atom is -1.00 e. The quantitative estimate of drug-likeness (QED) is 0.180. The molecule has 0 saturated heterocycles. The smallest absolute Gasteiger partial charge is 1.00 e. The SMILES string of the molecule is OO.[AlH3].[H-].[Na+]. The van der Waals surface area contributed by atoms with Crippen molar-refractivity contribution >= 4 is 17.4 Å². The predicted molar refractivity (Wildman–Crippen MR) is 16.3 cm³/mol. The molecule has 0 aromatic rings. The molecule has 0 bridgehead atoms. The van der Waals surface area contributed by atoms with Crippen molar-refractivity contribution in [2.24, 2.45) is 0 Å². The topological polar surface area (TPSA) is 40.5 Å². The van der Waals surface area contributed by atoms with Crippen molar-refractivity contribution in [3.63, 3.8) is 0 Å². The van der Waals surface area contributed by atoms with Gasteiger partial charge in [-0.15, -0.1) is 0 Å². The second-order valence-corrected chi connectivity index (χ2v) is 0. The summed E-state index contributed by atoms with van der Waals surface area (Å²) >= 11 is 0. The number of hydrogen-bond donors (Lipinski definition) is 2. The summed E-state index contributed by atoms with van der Waals surface area (Å²) in [5, 5.41) is 12.0. The van der Waals surface area contributed by atoms with E-state index in [-0.39, 0.29) is 48.3 Å². The van der Waals surface area contributed by atoms with Crippen LogP contribution < -0.4 is 29.6 Å². The van der Waals surface area contributed by atoms with Crippen LogP contribution in [0.4, 0.5) is 0 Å². The minimum absolute atomic E-state index is 0. The van der Waals surface area contributed by atoms with Gasteiger partial charge in [0, 0.05) is 0 Å². The maximum absolute atomic E-state index is 6.00. The Morgan fingerprint density at radius 1 is 1.25 bits per heavy atom. The molecule has 0 atom stereocenters. The molecule has 0 aliphatic rings. The van der Waals surface area contributed by atoms with Crippen LogP contribution in [-0.2, 0) is 0 Å². The molecule has 0 amide bonds. The predicted octanol–water partition coefficient (Wildman–Crippen LogP) is -4.05. The molecule has 0 spiro atoms. The Hall–Kier alpha value is 1.45. The van der Waals surface area contributed by atoms with E-state index in [0.29, 0.717) is 0 Å². The standard InChI is InChI=1S/Al.Na.H2O2.4H/c;;1-2;;;;/h;;1-2H;;;;/q;+1;;;;;-1. The minimum atomic E-state index is 0. The molecular weight excluding hydrogens is 82.0 g/mol. The van der Waals surface area contributed by atoms with Crippen molar-refractivity contribution < 1.29 is 41.5 Å². The number of hydrogen-bond acceptors (Lipinski definition) is 2. The van der Waals surface area contributed by atoms with Gasteiger partial charge in [0.15, 0.2) is 17.4 Å². The largest absolute Gasteiger partial charge is 1.00 e. The first-order valence-electron chi connectivity index (χ1n) is 0.200. The van der Waals surface area contributed by atoms with Gasteiger partial charge < -0.3 is 1.43 Å². The summed E-state index contributed by atoms with van der Waals surface area (Å²) in [5.41, 5.74) is 0. The Labute approximate surface area is 58.7 Å². The van der Waals surface area contributed by atoms with Crippen LogP contribution in [0, 0.1) is 0 Å². The summed E-state index contributed by atoms with van der Waals surface area (Å²) in [6.45, 7) is 0. The monoisotopic (exact) mass is 88.0 g/mol. The van der Waals surface area contributed by atoms with Gasteiger partial charge in [-0.3, -0.25) is 10.5 Å². The first-order valence-corrected chi connectivity index (χ1v) is 0.200. The third-order valence-electron chi connectivity index (χ3n) is 0. The molecular formula is H6AlNaO2. The van der Waals surface area contributed by atoms with E-state index in [4.69, 9.17) is 10.5 Å². The van der Waals surface area contributed by atoms with E-state index in [1.807, 2.05) is 0 Å². The molecule has 0 unspecified atom stereocenters. The summed E-state index contributed by atoms with van der Waals surface area (Å²) in [7, 11) is 0. The second kappa shape index (κ2) is 25.2. The van der Waals surface area contributed by atoms with E-state index in [1.165, 1.54) is 0 Å². The molecule has 2 N–H and O–H groups in total. The van der Waals surface area contributed by atoms with Crippen LogP contribution in [0.25, 0.3) is 0 Å². The molecule has 0 aromatic carbocycles. The van der Waals surface area contributed by atoms with E-state index >= 15 is 0 Å². The average molecular weight is 88.0 g/mol. The Morgan fingerprint density at radius 2 is 1.25 bits per heavy atom. The van der Waals surface area contributed by atoms with Gasteiger partial charge in [-0.1, -0.05) is 0 Å². The van der Waals surface area contributed by atoms with E-state index < -0.39 is 0 Å². The van der Waals surface area contributed by atoms with Crippen LogP contribution in [0.15, 0.2) is 0 Å². The van der Waals surface area contributed by atoms with Gasteiger partial charge in [0.25, 0.3) is 0 Å². The Morgan fingerprint density at radius 3 is 1.25 bits per heavy atom. The summed E-state index contributed by atoms with van der Waals surface area (Å²) in [4.78, 5) is 0. The molecule has 0 aliphatic carbocycles. The van der Waals surface area contributed by atoms with E-state index in [0.717, 1.165) is 0 Å². The molecule has 4 heavy (non-hydrogen) atoms. The third kappa shape index (κ3) is 9.84. The van der Waals surface area contributed by atoms with Gasteiger partial charge in [0.1, 0.15) is 0 Å². The fourth-order valence-electron chi connectivity index (χ4n) is 0. The normalized spacial score (nSPS) is 1.50. The maximum Gasteiger partial charge on any atom is 1.00 e. The molecule has 22 valence electrons. The van der Waals surface area contributed by atoms with Gasteiger partial charge in [-0.05, 0) is 0 Å². The molecule has 0 fully saturated rings. The van der Waals surface area contributed by atoms with Crippen LogP contribution in [0.2, 0.25) is 0 Å². The number of rotatable bonds is 0. The van der Waals surface area contributed by atoms with Gasteiger partial charge in [0.05, 0.1) is 0 Å². The maximum atomic E-state index is 6.00. The Kier molecular flexibility index (Phi) is 113. The zero-order valence-electron chi connectivity index (χ0n) is 2.89. The first kappa shape index (κ1) is 18.0. The van der Waals surface area contributed by atoms with E-state index in [1.54, 1.807) is 0 Å². The molecule has 0 rings (SSSR count). The van der Waals surface area contributed by atoms with Crippen LogP contribution in [0.5, 0.6) is 0 Å². The first-order chi connectivity index (χ1) is 1.00. The van der Waals surface area contributed by atoms with Gasteiger partial charge >= 0.3 is 29.6 Å². The molecule has 0 heterocycles. The fourth-order valence-corrected chi connectivity index (χ4v) is 0. The summed E-state index contributed by atoms with van der Waals surface area (Å²) in [6, 6.07) is 0. The molecule has 0 aliphatic heterocycles. The van der Waals surface area contributed by atoms with Crippen molar-refractivity contribution in [2.75, 3.05) is 0 Å². The summed E-state index contributed by atoms with van der Waals surface area (Å²) < 4.78 is 0. The van der Waals surface area contributed by atoms with Crippen molar-refractivity contribution in [2.45, 2.75) is 0 Å². The molecule has 4 heteroatoms. The van der Waals surface area contributed by atoms with Gasteiger partial charge in [0.2, 0.25) is 0 Å². The van der Waals surface area contributed by atoms with Gasteiger partial charge in [-0.25, -0.2) is 0 Å². The zero-order valence-corrected chi connectivity index (χ0v) is 3.89. The zero-order chi connectivity index (χ0) is 2.00. The summed E-state index contributed by atoms with van der Waals surface area (Å²) in [5.74, 6) is 0.